The second-order valence-electron chi connectivity index (χ2n) is 8.45. The molecule has 3 aromatic rings. The van der Waals surface area contributed by atoms with Crippen LogP contribution in [-0.2, 0) is 12.1 Å². The number of nitrogens with zero attached hydrogens (tertiary/aromatic N) is 3. The second-order valence-corrected chi connectivity index (χ2v) is 8.45. The van der Waals surface area contributed by atoms with Gasteiger partial charge in [-0.05, 0) is 35.9 Å². The Kier molecular flexibility index (Phi) is 5.31. The molecule has 2 heterocycles. The smallest absolute Gasteiger partial charge is 0.406 e. The lowest BCUT2D eigenvalue weighted by Crippen LogP contribution is -2.63. The second kappa shape index (κ2) is 7.69. The van der Waals surface area contributed by atoms with E-state index in [0.29, 0.717) is 30.8 Å². The fourth-order valence-corrected chi connectivity index (χ4v) is 4.62. The molecular formula is C23H24F3N3O2. The number of benzene rings is 2. The van der Waals surface area contributed by atoms with Gasteiger partial charge in [-0.2, -0.15) is 0 Å². The third-order valence-electron chi connectivity index (χ3n) is 5.89. The van der Waals surface area contributed by atoms with Gasteiger partial charge in [-0.3, -0.25) is 0 Å². The molecule has 2 aromatic carbocycles. The molecule has 0 unspecified atom stereocenters. The summed E-state index contributed by atoms with van der Waals surface area (Å²) in [6, 6.07) is 13.2. The molecule has 1 aliphatic rings. The molecule has 0 spiro atoms. The summed E-state index contributed by atoms with van der Waals surface area (Å²) in [5, 5.41) is 12.1. The molecule has 1 N–H and O–H groups in total. The Balaban J connectivity index is 1.73. The summed E-state index contributed by atoms with van der Waals surface area (Å²) in [7, 11) is 1.97. The first kappa shape index (κ1) is 21.4. The van der Waals surface area contributed by atoms with Crippen molar-refractivity contribution in [2.75, 3.05) is 20.1 Å². The van der Waals surface area contributed by atoms with Crippen LogP contribution in [0.25, 0.3) is 0 Å². The third kappa shape index (κ3) is 4.18. The molecule has 8 heteroatoms. The number of rotatable bonds is 6. The van der Waals surface area contributed by atoms with E-state index in [1.54, 1.807) is 12.5 Å². The number of imidazole rings is 1. The van der Waals surface area contributed by atoms with Crippen LogP contribution in [0.3, 0.4) is 0 Å². The lowest BCUT2D eigenvalue weighted by atomic mass is 9.62. The van der Waals surface area contributed by atoms with Gasteiger partial charge in [0.15, 0.2) is 0 Å². The summed E-state index contributed by atoms with van der Waals surface area (Å²) in [5.74, 6) is -0.316. The maximum absolute atomic E-state index is 12.6. The van der Waals surface area contributed by atoms with Crippen molar-refractivity contribution in [3.8, 4) is 5.75 Å². The first-order valence-electron chi connectivity index (χ1n) is 9.91. The Morgan fingerprint density at radius 1 is 1.10 bits per heavy atom. The molecule has 1 aromatic heterocycles. The van der Waals surface area contributed by atoms with Crippen LogP contribution >= 0.6 is 0 Å². The molecule has 5 nitrogen and oxygen atoms in total. The zero-order chi connectivity index (χ0) is 22.3. The van der Waals surface area contributed by atoms with Crippen molar-refractivity contribution >= 4 is 0 Å². The lowest BCUT2D eigenvalue weighted by Gasteiger charge is -2.56. The summed E-state index contributed by atoms with van der Waals surface area (Å²) < 4.78 is 43.6. The fourth-order valence-electron chi connectivity index (χ4n) is 4.62. The first-order valence-corrected chi connectivity index (χ1v) is 9.91. The minimum Gasteiger partial charge on any atom is -0.406 e. The standard InChI is InChI=1S/C23H24F3N3O2/c1-21(14-28(2)15-21)22(30,18-6-8-20(9-7-18)31-23(24,25)26)19-5-3-4-17(12-19)13-29-11-10-27-16-29/h3-12,16,30H,13-15H2,1-2H3/t22-/m0/s1. The van der Waals surface area contributed by atoms with Crippen LogP contribution in [0, 0.1) is 5.41 Å². The number of alkyl halides is 3. The highest BCUT2D eigenvalue weighted by Crippen LogP contribution is 2.50. The summed E-state index contributed by atoms with van der Waals surface area (Å²) in [4.78, 5) is 6.16. The number of ether oxygens (including phenoxy) is 1. The molecule has 0 amide bonds. The number of aromatic nitrogens is 2. The van der Waals surface area contributed by atoms with Gasteiger partial charge in [0.2, 0.25) is 0 Å². The van der Waals surface area contributed by atoms with Gasteiger partial charge in [-0.15, -0.1) is 13.2 Å². The fraction of sp³-hybridized carbons (Fsp3) is 0.348. The third-order valence-corrected chi connectivity index (χ3v) is 5.89. The van der Waals surface area contributed by atoms with Crippen LogP contribution in [-0.4, -0.2) is 46.1 Å². The first-order chi connectivity index (χ1) is 14.6. The highest BCUT2D eigenvalue weighted by molar-refractivity contribution is 5.43. The average Bonchev–Trinajstić information content (AvgIpc) is 3.19. The van der Waals surface area contributed by atoms with Gasteiger partial charge in [0.1, 0.15) is 11.4 Å². The minimum absolute atomic E-state index is 0.316. The number of likely N-dealkylation sites (tertiary alicyclic amines) is 1. The Bertz CT molecular complexity index is 1030. The van der Waals surface area contributed by atoms with E-state index in [0.717, 1.165) is 5.56 Å². The lowest BCUT2D eigenvalue weighted by molar-refractivity contribution is -0.274. The molecule has 1 aliphatic heterocycles. The van der Waals surface area contributed by atoms with Crippen molar-refractivity contribution in [3.63, 3.8) is 0 Å². The van der Waals surface area contributed by atoms with Gasteiger partial charge in [-0.25, -0.2) is 4.98 Å². The van der Waals surface area contributed by atoms with Crippen LogP contribution in [0.5, 0.6) is 5.75 Å². The van der Waals surface area contributed by atoms with E-state index in [4.69, 9.17) is 0 Å². The summed E-state index contributed by atoms with van der Waals surface area (Å²) in [6.07, 6.45) is 0.527. The Hall–Kier alpha value is -2.84. The van der Waals surface area contributed by atoms with Crippen molar-refractivity contribution in [1.29, 1.82) is 0 Å². The molecule has 0 bridgehead atoms. The maximum atomic E-state index is 12.6. The predicted octanol–water partition coefficient (Wildman–Crippen LogP) is 4.02. The van der Waals surface area contributed by atoms with Crippen molar-refractivity contribution in [2.45, 2.75) is 25.4 Å². The van der Waals surface area contributed by atoms with Crippen LogP contribution in [0.15, 0.2) is 67.3 Å². The van der Waals surface area contributed by atoms with Crippen molar-refractivity contribution in [2.24, 2.45) is 5.41 Å². The van der Waals surface area contributed by atoms with E-state index in [9.17, 15) is 18.3 Å². The van der Waals surface area contributed by atoms with E-state index >= 15 is 0 Å². The van der Waals surface area contributed by atoms with Crippen LogP contribution in [0.1, 0.15) is 23.6 Å². The normalized spacial score (nSPS) is 18.3. The van der Waals surface area contributed by atoms with E-state index < -0.39 is 17.4 Å². The average molecular weight is 431 g/mol. The Labute approximate surface area is 178 Å². The molecule has 31 heavy (non-hydrogen) atoms. The number of halogens is 3. The summed E-state index contributed by atoms with van der Waals surface area (Å²) >= 11 is 0. The van der Waals surface area contributed by atoms with Gasteiger partial charge in [-0.1, -0.05) is 43.3 Å². The summed E-state index contributed by atoms with van der Waals surface area (Å²) in [5.41, 5.74) is 0.313. The van der Waals surface area contributed by atoms with Crippen LogP contribution in [0.4, 0.5) is 13.2 Å². The van der Waals surface area contributed by atoms with Gasteiger partial charge < -0.3 is 19.3 Å². The molecule has 1 atom stereocenters. The monoisotopic (exact) mass is 431 g/mol. The maximum Gasteiger partial charge on any atom is 0.573 e. The van der Waals surface area contributed by atoms with E-state index in [1.807, 2.05) is 49.0 Å². The van der Waals surface area contributed by atoms with Crippen molar-refractivity contribution in [3.05, 3.63) is 83.9 Å². The molecular weight excluding hydrogens is 407 g/mol. The zero-order valence-corrected chi connectivity index (χ0v) is 17.3. The number of hydrogen-bond acceptors (Lipinski definition) is 4. The molecule has 0 radical (unpaired) electrons. The van der Waals surface area contributed by atoms with E-state index in [-0.39, 0.29) is 5.75 Å². The number of aliphatic hydroxyl groups is 1. The van der Waals surface area contributed by atoms with Crippen LogP contribution < -0.4 is 4.74 Å². The largest absolute Gasteiger partial charge is 0.573 e. The van der Waals surface area contributed by atoms with E-state index in [1.165, 1.54) is 24.3 Å². The predicted molar refractivity (Wildman–Crippen MR) is 109 cm³/mol. The zero-order valence-electron chi connectivity index (χ0n) is 17.3. The topological polar surface area (TPSA) is 50.5 Å². The Morgan fingerprint density at radius 3 is 2.39 bits per heavy atom. The van der Waals surface area contributed by atoms with Crippen molar-refractivity contribution < 1.29 is 23.0 Å². The number of hydrogen-bond donors (Lipinski definition) is 1. The molecule has 4 rings (SSSR count). The molecule has 0 saturated carbocycles. The minimum atomic E-state index is -4.76. The van der Waals surface area contributed by atoms with Gasteiger partial charge in [0.25, 0.3) is 0 Å². The highest BCUT2D eigenvalue weighted by atomic mass is 19.4. The Morgan fingerprint density at radius 2 is 1.81 bits per heavy atom. The van der Waals surface area contributed by atoms with E-state index in [2.05, 4.69) is 14.6 Å². The van der Waals surface area contributed by atoms with Gasteiger partial charge in [0, 0.05) is 37.4 Å². The highest BCUT2D eigenvalue weighted by Gasteiger charge is 2.55. The van der Waals surface area contributed by atoms with Gasteiger partial charge in [0.05, 0.1) is 6.33 Å². The molecule has 1 fully saturated rings. The van der Waals surface area contributed by atoms with Crippen LogP contribution in [0.2, 0.25) is 0 Å². The molecule has 1 saturated heterocycles. The molecule has 164 valence electrons. The SMILES string of the molecule is CN1CC(C)([C@](O)(c2ccc(OC(F)(F)F)cc2)c2cccc(Cn3ccnc3)c2)C1. The van der Waals surface area contributed by atoms with Gasteiger partial charge >= 0.3 is 6.36 Å². The van der Waals surface area contributed by atoms with Crippen molar-refractivity contribution in [1.82, 2.24) is 14.5 Å². The molecule has 0 aliphatic carbocycles. The quantitative estimate of drug-likeness (QED) is 0.641. The summed E-state index contributed by atoms with van der Waals surface area (Å²) in [6.45, 7) is 3.89.